The van der Waals surface area contributed by atoms with Gasteiger partial charge in [0.25, 0.3) is 5.91 Å². The van der Waals surface area contributed by atoms with E-state index >= 15 is 0 Å². The van der Waals surface area contributed by atoms with E-state index in [-0.39, 0.29) is 5.75 Å². The van der Waals surface area contributed by atoms with Gasteiger partial charge in [-0.05, 0) is 17.7 Å². The van der Waals surface area contributed by atoms with Crippen LogP contribution in [0.4, 0.5) is 5.69 Å². The minimum Gasteiger partial charge on any atom is -0.500 e. The van der Waals surface area contributed by atoms with E-state index in [1.807, 2.05) is 30.3 Å². The zero-order valence-corrected chi connectivity index (χ0v) is 13.8. The topological polar surface area (TPSA) is 102 Å². The molecular weight excluding hydrogens is 344 g/mol. The van der Waals surface area contributed by atoms with Crippen molar-refractivity contribution in [2.45, 2.75) is 0 Å². The maximum Gasteiger partial charge on any atom is 0.315 e. The molecule has 0 spiro atoms. The number of thioether (sulfide) groups is 1. The van der Waals surface area contributed by atoms with Gasteiger partial charge in [-0.25, -0.2) is 4.99 Å². The zero-order valence-electron chi connectivity index (χ0n) is 13.0. The van der Waals surface area contributed by atoms with Crippen LogP contribution in [0, 0.1) is 10.1 Å². The third-order valence-electron chi connectivity index (χ3n) is 3.43. The molecule has 0 radical (unpaired) electrons. The van der Waals surface area contributed by atoms with E-state index in [2.05, 4.69) is 4.99 Å². The summed E-state index contributed by atoms with van der Waals surface area (Å²) in [5.74, 6) is -1.01. The number of carbonyl (C=O) groups is 1. The van der Waals surface area contributed by atoms with Crippen LogP contribution in [-0.2, 0) is 4.79 Å². The molecule has 0 bridgehead atoms. The first-order valence-electron chi connectivity index (χ1n) is 7.13. The van der Waals surface area contributed by atoms with Crippen LogP contribution in [0.5, 0.6) is 11.5 Å². The molecule has 1 heterocycles. The lowest BCUT2D eigenvalue weighted by molar-refractivity contribution is -0.386. The molecule has 0 aliphatic carbocycles. The number of aromatic hydroxyl groups is 1. The highest BCUT2D eigenvalue weighted by atomic mass is 32.2. The predicted octanol–water partition coefficient (Wildman–Crippen LogP) is 3.37. The fourth-order valence-corrected chi connectivity index (χ4v) is 3.18. The van der Waals surface area contributed by atoms with Crippen LogP contribution in [0.25, 0.3) is 6.08 Å². The molecule has 0 unspecified atom stereocenters. The minimum atomic E-state index is -0.713. The molecule has 0 aromatic heterocycles. The van der Waals surface area contributed by atoms with Gasteiger partial charge in [0.2, 0.25) is 5.75 Å². The third kappa shape index (κ3) is 3.38. The molecule has 3 rings (SSSR count). The number of aliphatic imine (C=N–C) groups is 1. The van der Waals surface area contributed by atoms with Crippen LogP contribution >= 0.6 is 11.8 Å². The Balaban J connectivity index is 1.96. The quantitative estimate of drug-likeness (QED) is 0.512. The molecule has 25 heavy (non-hydrogen) atoms. The first kappa shape index (κ1) is 16.7. The van der Waals surface area contributed by atoms with Gasteiger partial charge in [-0.15, -0.1) is 0 Å². The van der Waals surface area contributed by atoms with Crippen molar-refractivity contribution < 1.29 is 19.6 Å². The molecule has 0 saturated heterocycles. The summed E-state index contributed by atoms with van der Waals surface area (Å²) in [4.78, 5) is 26.8. The summed E-state index contributed by atoms with van der Waals surface area (Å²) in [7, 11) is 1.29. The summed E-state index contributed by atoms with van der Waals surface area (Å²) >= 11 is 1.19. The number of nitrogens with zero attached hydrogens (tertiary/aromatic N) is 2. The third-order valence-corrected chi connectivity index (χ3v) is 4.47. The van der Waals surface area contributed by atoms with Crippen LogP contribution in [0.3, 0.4) is 0 Å². The molecule has 0 atom stereocenters. The van der Waals surface area contributed by atoms with Gasteiger partial charge in [0.15, 0.2) is 5.75 Å². The van der Waals surface area contributed by atoms with Gasteiger partial charge >= 0.3 is 5.69 Å². The van der Waals surface area contributed by atoms with Crippen LogP contribution < -0.4 is 4.74 Å². The highest BCUT2D eigenvalue weighted by molar-refractivity contribution is 8.19. The molecule has 2 aromatic carbocycles. The number of benzene rings is 2. The summed E-state index contributed by atoms with van der Waals surface area (Å²) in [5.41, 5.74) is 0.686. The van der Waals surface area contributed by atoms with Crippen molar-refractivity contribution in [2.75, 3.05) is 7.11 Å². The second kappa shape index (κ2) is 6.78. The number of hydrogen-bond donors (Lipinski definition) is 1. The first-order valence-corrected chi connectivity index (χ1v) is 7.94. The molecule has 8 heteroatoms. The normalized spacial score (nSPS) is 15.3. The van der Waals surface area contributed by atoms with E-state index in [4.69, 9.17) is 4.74 Å². The van der Waals surface area contributed by atoms with Gasteiger partial charge in [0.05, 0.1) is 16.9 Å². The Morgan fingerprint density at radius 1 is 1.28 bits per heavy atom. The number of rotatable bonds is 4. The van der Waals surface area contributed by atoms with Crippen molar-refractivity contribution in [3.63, 3.8) is 0 Å². The number of nitro benzene ring substituents is 1. The second-order valence-electron chi connectivity index (χ2n) is 5.05. The van der Waals surface area contributed by atoms with Crippen molar-refractivity contribution in [3.05, 3.63) is 68.6 Å². The lowest BCUT2D eigenvalue weighted by Gasteiger charge is -2.05. The smallest absolute Gasteiger partial charge is 0.315 e. The number of phenolic OH excluding ortho intramolecular Hbond substituents is 1. The van der Waals surface area contributed by atoms with E-state index in [1.54, 1.807) is 0 Å². The number of carbonyl (C=O) groups excluding carboxylic acids is 1. The number of ether oxygens (including phenoxy) is 1. The zero-order chi connectivity index (χ0) is 18.0. The molecule has 0 fully saturated rings. The predicted molar refractivity (Wildman–Crippen MR) is 94.9 cm³/mol. The summed E-state index contributed by atoms with van der Waals surface area (Å²) in [6.45, 7) is 0. The monoisotopic (exact) mass is 356 g/mol. The van der Waals surface area contributed by atoms with Crippen molar-refractivity contribution in [3.8, 4) is 11.5 Å². The SMILES string of the molecule is COc1cc(/C=C2\SC(c3ccccc3)=NC2=O)cc([N+](=O)[O-])c1O. The van der Waals surface area contributed by atoms with Crippen LogP contribution in [-0.4, -0.2) is 28.1 Å². The summed E-state index contributed by atoms with van der Waals surface area (Å²) in [5, 5.41) is 21.4. The van der Waals surface area contributed by atoms with Gasteiger partial charge in [-0.3, -0.25) is 14.9 Å². The first-order chi connectivity index (χ1) is 12.0. The standard InChI is InChI=1S/C17H12N2O5S/c1-24-13-8-10(7-12(15(13)20)19(22)23)9-14-16(21)18-17(25-14)11-5-3-2-4-6-11/h2-9,20H,1H3/b14-9-. The molecule has 126 valence electrons. The van der Waals surface area contributed by atoms with Crippen molar-refractivity contribution in [1.29, 1.82) is 0 Å². The largest absolute Gasteiger partial charge is 0.500 e. The fraction of sp³-hybridized carbons (Fsp3) is 0.0588. The van der Waals surface area contributed by atoms with E-state index in [0.29, 0.717) is 15.5 Å². The second-order valence-corrected chi connectivity index (χ2v) is 6.08. The Morgan fingerprint density at radius 3 is 2.64 bits per heavy atom. The Bertz CT molecular complexity index is 922. The number of nitro groups is 1. The highest BCUT2D eigenvalue weighted by Gasteiger charge is 2.24. The average molecular weight is 356 g/mol. The number of methoxy groups -OCH3 is 1. The maximum absolute atomic E-state index is 12.1. The van der Waals surface area contributed by atoms with Crippen molar-refractivity contribution >= 4 is 34.5 Å². The molecule has 2 aromatic rings. The minimum absolute atomic E-state index is 0.0410. The number of amides is 1. The van der Waals surface area contributed by atoms with Gasteiger partial charge in [-0.2, -0.15) is 0 Å². The van der Waals surface area contributed by atoms with E-state index in [0.717, 1.165) is 5.56 Å². The van der Waals surface area contributed by atoms with Gasteiger partial charge < -0.3 is 9.84 Å². The van der Waals surface area contributed by atoms with E-state index in [1.165, 1.54) is 37.1 Å². The molecule has 7 nitrogen and oxygen atoms in total. The Kier molecular flexibility index (Phi) is 4.53. The lowest BCUT2D eigenvalue weighted by atomic mass is 10.1. The number of phenols is 1. The highest BCUT2D eigenvalue weighted by Crippen LogP contribution is 2.39. The Labute approximate surface area is 146 Å². The maximum atomic E-state index is 12.1. The molecule has 1 amide bonds. The van der Waals surface area contributed by atoms with Crippen LogP contribution in [0.1, 0.15) is 11.1 Å². The van der Waals surface area contributed by atoms with Gasteiger partial charge in [0, 0.05) is 11.6 Å². The van der Waals surface area contributed by atoms with Crippen molar-refractivity contribution in [1.82, 2.24) is 0 Å². The molecule has 1 aliphatic heterocycles. The van der Waals surface area contributed by atoms with E-state index < -0.39 is 22.3 Å². The van der Waals surface area contributed by atoms with Gasteiger partial charge in [-0.1, -0.05) is 42.1 Å². The van der Waals surface area contributed by atoms with Crippen LogP contribution in [0.2, 0.25) is 0 Å². The Morgan fingerprint density at radius 2 is 2.00 bits per heavy atom. The van der Waals surface area contributed by atoms with Crippen molar-refractivity contribution in [2.24, 2.45) is 4.99 Å². The Hall–Kier alpha value is -3.13. The number of hydrogen-bond acceptors (Lipinski definition) is 6. The van der Waals surface area contributed by atoms with Gasteiger partial charge in [0.1, 0.15) is 5.04 Å². The summed E-state index contributed by atoms with van der Waals surface area (Å²) < 4.78 is 4.95. The van der Waals surface area contributed by atoms with Crippen LogP contribution in [0.15, 0.2) is 52.4 Å². The summed E-state index contributed by atoms with van der Waals surface area (Å²) in [6, 6.07) is 11.8. The lowest BCUT2D eigenvalue weighted by Crippen LogP contribution is -1.94. The van der Waals surface area contributed by atoms with E-state index in [9.17, 15) is 20.0 Å². The molecule has 0 saturated carbocycles. The molecule has 1 N–H and O–H groups in total. The fourth-order valence-electron chi connectivity index (χ4n) is 2.26. The summed E-state index contributed by atoms with van der Waals surface area (Å²) in [6.07, 6.45) is 1.49. The molecule has 1 aliphatic rings. The average Bonchev–Trinajstić information content (AvgIpc) is 2.97. The molecular formula is C17H12N2O5S.